The number of nitrogens with zero attached hydrogens (tertiary/aromatic N) is 4. The molecule has 1 unspecified atom stereocenters. The van der Waals surface area contributed by atoms with Crippen LogP contribution in [0.25, 0.3) is 0 Å². The quantitative estimate of drug-likeness (QED) is 0.420. The molecule has 3 rings (SSSR count). The molecule has 1 aliphatic rings. The van der Waals surface area contributed by atoms with E-state index in [0.29, 0.717) is 24.3 Å². The van der Waals surface area contributed by atoms with E-state index in [1.54, 1.807) is 6.92 Å². The zero-order valence-corrected chi connectivity index (χ0v) is 20.3. The number of hydrogen-bond donors (Lipinski definition) is 1. The van der Waals surface area contributed by atoms with Crippen molar-refractivity contribution in [3.05, 3.63) is 52.5 Å². The molecule has 38 heavy (non-hydrogen) atoms. The fourth-order valence-corrected chi connectivity index (χ4v) is 3.67. The van der Waals surface area contributed by atoms with Gasteiger partial charge >= 0.3 is 12.4 Å². The highest BCUT2D eigenvalue weighted by Gasteiger charge is 2.40. The van der Waals surface area contributed by atoms with Crippen LogP contribution in [0.2, 0.25) is 0 Å². The van der Waals surface area contributed by atoms with Crippen LogP contribution in [0.4, 0.5) is 35.1 Å². The van der Waals surface area contributed by atoms with Crippen molar-refractivity contribution >= 4 is 11.5 Å². The van der Waals surface area contributed by atoms with Gasteiger partial charge in [0.2, 0.25) is 5.88 Å². The van der Waals surface area contributed by atoms with Gasteiger partial charge in [-0.15, -0.1) is 0 Å². The summed E-state index contributed by atoms with van der Waals surface area (Å²) < 4.78 is 111. The van der Waals surface area contributed by atoms with E-state index >= 15 is 0 Å². The molecule has 0 amide bonds. The zero-order valence-electron chi connectivity index (χ0n) is 20.3. The smallest absolute Gasteiger partial charge is 0.435 e. The molecule has 0 spiro atoms. The van der Waals surface area contributed by atoms with E-state index in [4.69, 9.17) is 0 Å². The second kappa shape index (κ2) is 10.7. The third-order valence-electron chi connectivity index (χ3n) is 5.31. The Morgan fingerprint density at radius 1 is 1.11 bits per heavy atom. The first-order chi connectivity index (χ1) is 17.4. The number of halogens is 8. The highest BCUT2D eigenvalue weighted by molar-refractivity contribution is 5.98. The second-order valence-electron chi connectivity index (χ2n) is 8.93. The minimum atomic E-state index is -4.90. The van der Waals surface area contributed by atoms with Crippen molar-refractivity contribution in [3.8, 4) is 5.88 Å². The number of carbonyl (C=O) groups is 1. The van der Waals surface area contributed by atoms with Crippen LogP contribution >= 0.6 is 0 Å². The third kappa shape index (κ3) is 7.74. The number of aryl methyl sites for hydroxylation is 1. The third-order valence-corrected chi connectivity index (χ3v) is 5.31. The largest absolute Gasteiger partial charge is 0.471 e. The van der Waals surface area contributed by atoms with Crippen LogP contribution in [0.5, 0.6) is 5.88 Å². The molecule has 0 bridgehead atoms. The number of aromatic nitrogens is 3. The minimum absolute atomic E-state index is 0.0533. The molecular weight excluding hydrogens is 530 g/mol. The van der Waals surface area contributed by atoms with Crippen molar-refractivity contribution in [2.45, 2.75) is 57.4 Å². The van der Waals surface area contributed by atoms with Crippen LogP contribution in [-0.2, 0) is 30.6 Å². The Kier molecular flexibility index (Phi) is 8.17. The number of pyridine rings is 1. The Bertz CT molecular complexity index is 1240. The predicted molar refractivity (Wildman–Crippen MR) is 119 cm³/mol. The monoisotopic (exact) mass is 553 g/mol. The molecule has 2 aromatic rings. The van der Waals surface area contributed by atoms with Crippen molar-refractivity contribution in [1.29, 1.82) is 0 Å². The molecule has 1 atom stereocenters. The maximum absolute atomic E-state index is 13.3. The van der Waals surface area contributed by atoms with Gasteiger partial charge in [0, 0.05) is 44.6 Å². The summed E-state index contributed by atoms with van der Waals surface area (Å²) in [4.78, 5) is 15.7. The number of rotatable bonds is 9. The molecule has 15 heteroatoms. The fraction of sp³-hybridized carbons (Fsp3) is 0.478. The molecule has 2 aromatic heterocycles. The van der Waals surface area contributed by atoms with Crippen LogP contribution in [-0.4, -0.2) is 38.8 Å². The van der Waals surface area contributed by atoms with Crippen LogP contribution < -0.4 is 10.2 Å². The second-order valence-corrected chi connectivity index (χ2v) is 8.93. The van der Waals surface area contributed by atoms with Crippen LogP contribution in [0.15, 0.2) is 35.1 Å². The van der Waals surface area contributed by atoms with E-state index in [1.165, 1.54) is 19.3 Å². The Balaban J connectivity index is 1.66. The van der Waals surface area contributed by atoms with Gasteiger partial charge in [0.05, 0.1) is 11.8 Å². The Morgan fingerprint density at radius 3 is 2.37 bits per heavy atom. The van der Waals surface area contributed by atoms with Crippen molar-refractivity contribution in [2.24, 2.45) is 12.1 Å². The summed E-state index contributed by atoms with van der Waals surface area (Å²) in [6.07, 6.45) is -7.37. The molecule has 3 heterocycles. The van der Waals surface area contributed by atoms with Crippen molar-refractivity contribution in [1.82, 2.24) is 20.2 Å². The van der Waals surface area contributed by atoms with E-state index in [-0.39, 0.29) is 24.0 Å². The van der Waals surface area contributed by atoms with Crippen LogP contribution in [0, 0.1) is 0 Å². The standard InChI is InChI=1S/C23H23F8N5O2/c1-12-6-14(33-34-19(12)16-10-36(3)35-20(16)23(29,30)31)4-5-15(37)7-13-8-17(22(26,27)28)32-18(9-13)38-11-21(2,24)25/h6,8-10,19,34H,4-5,7,11H2,1-3H3. The number of carbonyl (C=O) groups excluding carboxylic acids is 1. The highest BCUT2D eigenvalue weighted by atomic mass is 19.4. The molecule has 0 aromatic carbocycles. The van der Waals surface area contributed by atoms with E-state index in [1.807, 2.05) is 0 Å². The van der Waals surface area contributed by atoms with E-state index in [9.17, 15) is 39.9 Å². The number of ketones is 1. The van der Waals surface area contributed by atoms with Gasteiger partial charge in [-0.05, 0) is 36.6 Å². The first-order valence-corrected chi connectivity index (χ1v) is 11.1. The Morgan fingerprint density at radius 2 is 1.79 bits per heavy atom. The van der Waals surface area contributed by atoms with E-state index < -0.39 is 60.4 Å². The highest BCUT2D eigenvalue weighted by Crippen LogP contribution is 2.36. The fourth-order valence-electron chi connectivity index (χ4n) is 3.67. The SMILES string of the molecule is CC1=CC(CCC(=O)Cc2cc(OCC(C)(F)F)nc(C(F)(F)F)c2)=NNC1c1cn(C)nc1C(F)(F)F. The Hall–Kier alpha value is -3.52. The summed E-state index contributed by atoms with van der Waals surface area (Å²) in [7, 11) is 1.36. The summed E-state index contributed by atoms with van der Waals surface area (Å²) in [5.74, 6) is -4.49. The predicted octanol–water partition coefficient (Wildman–Crippen LogP) is 5.43. The molecule has 1 N–H and O–H groups in total. The molecule has 208 valence electrons. The minimum Gasteiger partial charge on any atom is -0.471 e. The molecule has 0 saturated carbocycles. The van der Waals surface area contributed by atoms with Crippen molar-refractivity contribution in [3.63, 3.8) is 0 Å². The van der Waals surface area contributed by atoms with Gasteiger partial charge in [-0.1, -0.05) is 0 Å². The lowest BCUT2D eigenvalue weighted by Gasteiger charge is -2.23. The Labute approximate surface area is 211 Å². The van der Waals surface area contributed by atoms with Gasteiger partial charge in [0.25, 0.3) is 5.92 Å². The number of alkyl halides is 8. The molecular formula is C23H23F8N5O2. The molecule has 1 aliphatic heterocycles. The number of hydrazone groups is 1. The molecule has 7 nitrogen and oxygen atoms in total. The lowest BCUT2D eigenvalue weighted by atomic mass is 9.96. The summed E-state index contributed by atoms with van der Waals surface area (Å²) >= 11 is 0. The number of Topliss-reactive ketones (excluding diaryl/α,β-unsaturated/α-hetero) is 1. The summed E-state index contributed by atoms with van der Waals surface area (Å²) in [6, 6.07) is 0.723. The van der Waals surface area contributed by atoms with Crippen LogP contribution in [0.3, 0.4) is 0 Å². The van der Waals surface area contributed by atoms with Gasteiger partial charge in [-0.25, -0.2) is 13.8 Å². The van der Waals surface area contributed by atoms with Gasteiger partial charge < -0.3 is 4.74 Å². The average molecular weight is 553 g/mol. The number of hydrogen-bond acceptors (Lipinski definition) is 6. The number of nitrogens with one attached hydrogen (secondary N) is 1. The van der Waals surface area contributed by atoms with Gasteiger partial charge in [-0.2, -0.15) is 36.5 Å². The van der Waals surface area contributed by atoms with Gasteiger partial charge in [0.15, 0.2) is 12.3 Å². The maximum atomic E-state index is 13.3. The molecule has 0 radical (unpaired) electrons. The van der Waals surface area contributed by atoms with Crippen molar-refractivity contribution < 1.29 is 44.7 Å². The van der Waals surface area contributed by atoms with E-state index in [0.717, 1.165) is 10.7 Å². The normalized spacial score (nSPS) is 16.6. The first kappa shape index (κ1) is 29.0. The molecule has 0 saturated heterocycles. The zero-order chi connectivity index (χ0) is 28.5. The first-order valence-electron chi connectivity index (χ1n) is 11.1. The lowest BCUT2D eigenvalue weighted by molar-refractivity contribution is -0.142. The summed E-state index contributed by atoms with van der Waals surface area (Å²) in [5, 5.41) is 7.51. The topological polar surface area (TPSA) is 81.4 Å². The molecule has 0 aliphatic carbocycles. The molecule has 0 fully saturated rings. The maximum Gasteiger partial charge on any atom is 0.435 e. The lowest BCUT2D eigenvalue weighted by Crippen LogP contribution is -2.25. The van der Waals surface area contributed by atoms with Crippen LogP contribution in [0.1, 0.15) is 55.2 Å². The average Bonchev–Trinajstić information content (AvgIpc) is 3.17. The summed E-state index contributed by atoms with van der Waals surface area (Å²) in [5.41, 5.74) is 0.779. The van der Waals surface area contributed by atoms with Gasteiger partial charge in [0.1, 0.15) is 11.5 Å². The summed E-state index contributed by atoms with van der Waals surface area (Å²) in [6.45, 7) is 0.911. The van der Waals surface area contributed by atoms with Crippen molar-refractivity contribution in [2.75, 3.05) is 6.61 Å². The number of ether oxygens (including phenoxy) is 1. The van der Waals surface area contributed by atoms with E-state index in [2.05, 4.69) is 25.3 Å². The van der Waals surface area contributed by atoms with Gasteiger partial charge in [-0.3, -0.25) is 14.9 Å². The number of allylic oxidation sites excluding steroid dienone is 1.